The fourth-order valence-corrected chi connectivity index (χ4v) is 5.41. The van der Waals surface area contributed by atoms with Crippen LogP contribution >= 0.6 is 0 Å². The topological polar surface area (TPSA) is 84.1 Å². The molecule has 1 saturated carbocycles. The number of anilines is 1. The van der Waals surface area contributed by atoms with Crippen LogP contribution in [-0.2, 0) is 0 Å². The summed E-state index contributed by atoms with van der Waals surface area (Å²) in [5.74, 6) is -5.55. The Morgan fingerprint density at radius 2 is 1.91 bits per heavy atom. The molecule has 0 amide bonds. The van der Waals surface area contributed by atoms with Gasteiger partial charge in [0, 0.05) is 43.0 Å². The summed E-state index contributed by atoms with van der Waals surface area (Å²) in [7, 11) is 0. The van der Waals surface area contributed by atoms with Gasteiger partial charge in [0.15, 0.2) is 5.82 Å². The van der Waals surface area contributed by atoms with Crippen LogP contribution < -0.4 is 21.9 Å². The minimum absolute atomic E-state index is 0.0322. The molecule has 1 saturated heterocycles. The Kier molecular flexibility index (Phi) is 4.97. The summed E-state index contributed by atoms with van der Waals surface area (Å²) in [5.41, 5.74) is 2.89. The zero-order chi connectivity index (χ0) is 23.8. The van der Waals surface area contributed by atoms with Crippen molar-refractivity contribution in [3.8, 4) is 0 Å². The summed E-state index contributed by atoms with van der Waals surface area (Å²) < 4.78 is 73.7. The number of alkyl halides is 4. The molecule has 2 fully saturated rings. The highest BCUT2D eigenvalue weighted by Crippen LogP contribution is 2.45. The van der Waals surface area contributed by atoms with Gasteiger partial charge < -0.3 is 10.6 Å². The van der Waals surface area contributed by atoms with Gasteiger partial charge >= 0.3 is 5.69 Å². The second-order valence-corrected chi connectivity index (χ2v) is 9.24. The molecule has 5 rings (SSSR count). The predicted molar refractivity (Wildman–Crippen MR) is 113 cm³/mol. The number of hydrogen-bond acceptors (Lipinski definition) is 4. The minimum atomic E-state index is -3.32. The van der Waals surface area contributed by atoms with E-state index in [0.717, 1.165) is 0 Å². The number of allylic oxidation sites excluding steroid dienone is 1. The van der Waals surface area contributed by atoms with Gasteiger partial charge in [0.05, 0.1) is 28.2 Å². The maximum Gasteiger partial charge on any atom is 0.329 e. The Bertz CT molecular complexity index is 1280. The fourth-order valence-electron chi connectivity index (χ4n) is 5.41. The molecule has 0 spiro atoms. The number of aromatic amines is 1. The Hall–Kier alpha value is -2.69. The van der Waals surface area contributed by atoms with Crippen molar-refractivity contribution >= 4 is 16.6 Å². The number of rotatable bonds is 3. The van der Waals surface area contributed by atoms with Gasteiger partial charge in [0.1, 0.15) is 0 Å². The van der Waals surface area contributed by atoms with Crippen LogP contribution in [0.25, 0.3) is 10.9 Å². The Labute approximate surface area is 184 Å². The van der Waals surface area contributed by atoms with Crippen molar-refractivity contribution in [2.24, 2.45) is 17.6 Å². The number of aromatic nitrogens is 2. The van der Waals surface area contributed by atoms with E-state index in [1.165, 1.54) is 22.5 Å². The monoisotopic (exact) mass is 470 g/mol. The number of H-pyrrole nitrogens is 1. The standard InChI is InChI=1S/C22H23F5N4O2/c1-9-16-14(20(32)29-21(33)31(16)11-4-5-11)13(19(24)25)15(23)17(9)30-7-10-3-2-6-22(26,27)18(28)12(10)8-30/h2-3,10-12,18-19H,4-8,28H2,1H3,(H,29,32,33). The van der Waals surface area contributed by atoms with E-state index in [9.17, 15) is 27.2 Å². The van der Waals surface area contributed by atoms with Crippen molar-refractivity contribution in [2.75, 3.05) is 18.0 Å². The normalized spacial score (nSPS) is 26.8. The molecule has 0 radical (unpaired) electrons. The second-order valence-electron chi connectivity index (χ2n) is 9.24. The quantitative estimate of drug-likeness (QED) is 0.532. The summed E-state index contributed by atoms with van der Waals surface area (Å²) >= 11 is 0. The summed E-state index contributed by atoms with van der Waals surface area (Å²) in [4.78, 5) is 28.5. The van der Waals surface area contributed by atoms with Gasteiger partial charge in [-0.2, -0.15) is 0 Å². The lowest BCUT2D eigenvalue weighted by molar-refractivity contribution is -0.0376. The van der Waals surface area contributed by atoms with E-state index in [-0.39, 0.29) is 35.9 Å². The zero-order valence-electron chi connectivity index (χ0n) is 17.8. The Morgan fingerprint density at radius 3 is 2.55 bits per heavy atom. The van der Waals surface area contributed by atoms with Crippen LogP contribution in [0.15, 0.2) is 21.7 Å². The lowest BCUT2D eigenvalue weighted by Gasteiger charge is -2.29. The summed E-state index contributed by atoms with van der Waals surface area (Å²) in [6, 6.07) is -1.76. The first-order chi connectivity index (χ1) is 15.5. The summed E-state index contributed by atoms with van der Waals surface area (Å²) in [5, 5.41) is -0.549. The van der Waals surface area contributed by atoms with Gasteiger partial charge in [-0.15, -0.1) is 0 Å². The first-order valence-corrected chi connectivity index (χ1v) is 10.9. The van der Waals surface area contributed by atoms with Crippen LogP contribution in [0.2, 0.25) is 0 Å². The molecule has 3 N–H and O–H groups in total. The average molecular weight is 470 g/mol. The molecule has 0 bridgehead atoms. The molecule has 3 unspecified atom stereocenters. The molecule has 3 atom stereocenters. The van der Waals surface area contributed by atoms with Crippen molar-refractivity contribution in [3.63, 3.8) is 0 Å². The molecular weight excluding hydrogens is 447 g/mol. The molecule has 6 nitrogen and oxygen atoms in total. The van der Waals surface area contributed by atoms with Crippen LogP contribution in [0.1, 0.15) is 42.9 Å². The molecule has 1 aliphatic heterocycles. The van der Waals surface area contributed by atoms with E-state index in [1.54, 1.807) is 6.08 Å². The minimum Gasteiger partial charge on any atom is -0.368 e. The first-order valence-electron chi connectivity index (χ1n) is 10.9. The molecule has 2 aliphatic carbocycles. The van der Waals surface area contributed by atoms with Gasteiger partial charge in [0.2, 0.25) is 0 Å². The Morgan fingerprint density at radius 1 is 1.21 bits per heavy atom. The lowest BCUT2D eigenvalue weighted by atomic mass is 9.88. The third-order valence-corrected chi connectivity index (χ3v) is 7.15. The molecule has 1 aromatic heterocycles. The number of fused-ring (bicyclic) bond motifs is 2. The molecule has 2 aromatic rings. The highest BCUT2D eigenvalue weighted by molar-refractivity contribution is 5.90. The maximum absolute atomic E-state index is 15.6. The highest BCUT2D eigenvalue weighted by atomic mass is 19.3. The number of nitrogens with zero attached hydrogens (tertiary/aromatic N) is 2. The third-order valence-electron chi connectivity index (χ3n) is 7.15. The van der Waals surface area contributed by atoms with Crippen molar-refractivity contribution in [3.05, 3.63) is 49.9 Å². The lowest BCUT2D eigenvalue weighted by Crippen LogP contribution is -2.47. The smallest absolute Gasteiger partial charge is 0.329 e. The van der Waals surface area contributed by atoms with Crippen LogP contribution in [0.4, 0.5) is 27.6 Å². The number of nitrogens with one attached hydrogen (secondary N) is 1. The van der Waals surface area contributed by atoms with Crippen molar-refractivity contribution < 1.29 is 22.0 Å². The predicted octanol–water partition coefficient (Wildman–Crippen LogP) is 3.38. The number of halogens is 5. The highest BCUT2D eigenvalue weighted by Gasteiger charge is 2.49. The van der Waals surface area contributed by atoms with E-state index in [2.05, 4.69) is 0 Å². The van der Waals surface area contributed by atoms with Crippen LogP contribution in [0.5, 0.6) is 0 Å². The summed E-state index contributed by atoms with van der Waals surface area (Å²) in [6.45, 7) is 1.51. The van der Waals surface area contributed by atoms with Gasteiger partial charge in [-0.05, 0) is 19.8 Å². The van der Waals surface area contributed by atoms with E-state index >= 15 is 4.39 Å². The largest absolute Gasteiger partial charge is 0.368 e. The summed E-state index contributed by atoms with van der Waals surface area (Å²) in [6.07, 6.45) is 0.416. The number of benzene rings is 1. The molecule has 3 aliphatic rings. The van der Waals surface area contributed by atoms with E-state index in [1.807, 2.05) is 4.98 Å². The fraction of sp³-hybridized carbons (Fsp3) is 0.545. The molecule has 33 heavy (non-hydrogen) atoms. The SMILES string of the molecule is Cc1c(N2CC3C=CCC(F)(F)C(N)C3C2)c(F)c(C(F)F)c2c(=O)[nH]c(=O)n(C3CC3)c12. The van der Waals surface area contributed by atoms with Gasteiger partial charge in [-0.1, -0.05) is 12.2 Å². The van der Waals surface area contributed by atoms with E-state index < -0.39 is 64.7 Å². The number of hydrogen-bond donors (Lipinski definition) is 2. The van der Waals surface area contributed by atoms with Gasteiger partial charge in [-0.25, -0.2) is 26.7 Å². The third kappa shape index (κ3) is 3.31. The average Bonchev–Trinajstić information content (AvgIpc) is 3.49. The molecule has 11 heteroatoms. The molecule has 2 heterocycles. The van der Waals surface area contributed by atoms with Crippen LogP contribution in [0, 0.1) is 24.6 Å². The van der Waals surface area contributed by atoms with E-state index in [4.69, 9.17) is 5.73 Å². The Balaban J connectivity index is 1.74. The van der Waals surface area contributed by atoms with Crippen LogP contribution in [0.3, 0.4) is 0 Å². The molecule has 178 valence electrons. The van der Waals surface area contributed by atoms with Crippen LogP contribution in [-0.4, -0.2) is 34.6 Å². The second kappa shape index (κ2) is 7.41. The van der Waals surface area contributed by atoms with Crippen molar-refractivity contribution in [1.82, 2.24) is 9.55 Å². The molecular formula is C22H23F5N4O2. The van der Waals surface area contributed by atoms with Crippen molar-refractivity contribution in [2.45, 2.75) is 50.6 Å². The molecule has 1 aromatic carbocycles. The number of aryl methyl sites for hydroxylation is 1. The maximum atomic E-state index is 15.6. The van der Waals surface area contributed by atoms with E-state index in [0.29, 0.717) is 12.8 Å². The first kappa shape index (κ1) is 22.1. The van der Waals surface area contributed by atoms with Gasteiger partial charge in [-0.3, -0.25) is 14.3 Å². The van der Waals surface area contributed by atoms with Gasteiger partial charge in [0.25, 0.3) is 17.9 Å². The zero-order valence-corrected chi connectivity index (χ0v) is 17.8. The number of nitrogens with two attached hydrogens (primary N) is 1. The van der Waals surface area contributed by atoms with Crippen molar-refractivity contribution in [1.29, 1.82) is 0 Å².